The number of hydrogen-bond donors (Lipinski definition) is 1. The average Bonchev–Trinajstić information content (AvgIpc) is 2.63. The van der Waals surface area contributed by atoms with Crippen LogP contribution in [-0.4, -0.2) is 23.9 Å². The molecule has 3 nitrogen and oxygen atoms in total. The highest BCUT2D eigenvalue weighted by molar-refractivity contribution is 6.31. The Labute approximate surface area is 161 Å². The summed E-state index contributed by atoms with van der Waals surface area (Å²) in [5.41, 5.74) is 0.656. The van der Waals surface area contributed by atoms with Crippen molar-refractivity contribution in [1.82, 2.24) is 4.90 Å². The summed E-state index contributed by atoms with van der Waals surface area (Å²) in [5, 5.41) is 3.43. The quantitative estimate of drug-likeness (QED) is 0.769. The third kappa shape index (κ3) is 5.23. The Morgan fingerprint density at radius 3 is 2.52 bits per heavy atom. The molecule has 27 heavy (non-hydrogen) atoms. The first-order valence-electron chi connectivity index (χ1n) is 8.77. The lowest BCUT2D eigenvalue weighted by molar-refractivity contribution is -0.137. The van der Waals surface area contributed by atoms with Crippen LogP contribution in [0.4, 0.5) is 18.9 Å². The number of carbonyl (C=O) groups excluding carboxylic acids is 1. The summed E-state index contributed by atoms with van der Waals surface area (Å²) in [4.78, 5) is 14.7. The van der Waals surface area contributed by atoms with Gasteiger partial charge in [-0.2, -0.15) is 13.2 Å². The number of halogens is 4. The lowest BCUT2D eigenvalue weighted by Crippen LogP contribution is -2.40. The number of rotatable bonds is 4. The first kappa shape index (κ1) is 19.7. The number of benzene rings is 2. The van der Waals surface area contributed by atoms with E-state index in [9.17, 15) is 18.0 Å². The minimum absolute atomic E-state index is 0.168. The summed E-state index contributed by atoms with van der Waals surface area (Å²) in [7, 11) is 0. The smallest absolute Gasteiger partial charge is 0.326 e. The molecule has 0 radical (unpaired) electrons. The van der Waals surface area contributed by atoms with Crippen LogP contribution in [0.1, 0.15) is 24.0 Å². The SMILES string of the molecule is O=C(Nc1ccc(C(F)(F)F)cc1)[C@@H]1CCCN(Cc2ccccc2Cl)C1. The topological polar surface area (TPSA) is 32.3 Å². The average molecular weight is 397 g/mol. The molecule has 7 heteroatoms. The molecular weight excluding hydrogens is 377 g/mol. The highest BCUT2D eigenvalue weighted by Crippen LogP contribution is 2.30. The normalized spacial score (nSPS) is 18.3. The lowest BCUT2D eigenvalue weighted by Gasteiger charge is -2.32. The van der Waals surface area contributed by atoms with Gasteiger partial charge in [-0.1, -0.05) is 29.8 Å². The fraction of sp³-hybridized carbons (Fsp3) is 0.350. The fourth-order valence-corrected chi connectivity index (χ4v) is 3.46. The number of alkyl halides is 3. The van der Waals surface area contributed by atoms with Crippen LogP contribution in [-0.2, 0) is 17.5 Å². The molecular formula is C20H20ClF3N2O. The van der Waals surface area contributed by atoms with E-state index in [0.717, 1.165) is 37.1 Å². The van der Waals surface area contributed by atoms with Crippen LogP contribution in [0.15, 0.2) is 48.5 Å². The molecule has 1 heterocycles. The Kier molecular flexibility index (Phi) is 6.07. The molecule has 0 bridgehead atoms. The number of piperidine rings is 1. The molecule has 1 fully saturated rings. The van der Waals surface area contributed by atoms with Crippen LogP contribution in [0.5, 0.6) is 0 Å². The van der Waals surface area contributed by atoms with Crippen LogP contribution in [0.25, 0.3) is 0 Å². The van der Waals surface area contributed by atoms with Gasteiger partial charge in [-0.3, -0.25) is 9.69 Å². The Morgan fingerprint density at radius 2 is 1.85 bits per heavy atom. The lowest BCUT2D eigenvalue weighted by atomic mass is 9.96. The molecule has 144 valence electrons. The van der Waals surface area contributed by atoms with Crippen molar-refractivity contribution < 1.29 is 18.0 Å². The second kappa shape index (κ2) is 8.31. The summed E-state index contributed by atoms with van der Waals surface area (Å²) in [6.07, 6.45) is -2.74. The number of anilines is 1. The Hall–Kier alpha value is -2.05. The first-order valence-corrected chi connectivity index (χ1v) is 9.14. The number of amides is 1. The van der Waals surface area contributed by atoms with Gasteiger partial charge in [0, 0.05) is 23.8 Å². The van der Waals surface area contributed by atoms with Crippen LogP contribution >= 0.6 is 11.6 Å². The van der Waals surface area contributed by atoms with Gasteiger partial charge in [0.1, 0.15) is 0 Å². The third-order valence-electron chi connectivity index (χ3n) is 4.71. The highest BCUT2D eigenvalue weighted by atomic mass is 35.5. The molecule has 0 saturated carbocycles. The minimum atomic E-state index is -4.38. The van der Waals surface area contributed by atoms with Gasteiger partial charge in [0.15, 0.2) is 0 Å². The molecule has 1 atom stereocenters. The maximum absolute atomic E-state index is 12.6. The first-order chi connectivity index (χ1) is 12.8. The largest absolute Gasteiger partial charge is 0.416 e. The van der Waals surface area contributed by atoms with Crippen molar-refractivity contribution in [3.63, 3.8) is 0 Å². The molecule has 0 unspecified atom stereocenters. The number of hydrogen-bond acceptors (Lipinski definition) is 2. The summed E-state index contributed by atoms with van der Waals surface area (Å²) in [5.74, 6) is -0.373. The molecule has 1 aliphatic heterocycles. The highest BCUT2D eigenvalue weighted by Gasteiger charge is 2.30. The van der Waals surface area contributed by atoms with Crippen molar-refractivity contribution in [1.29, 1.82) is 0 Å². The summed E-state index contributed by atoms with van der Waals surface area (Å²) < 4.78 is 37.9. The predicted molar refractivity (Wildman–Crippen MR) is 99.5 cm³/mol. The van der Waals surface area contributed by atoms with E-state index < -0.39 is 11.7 Å². The maximum Gasteiger partial charge on any atom is 0.416 e. The van der Waals surface area contributed by atoms with E-state index in [4.69, 9.17) is 11.6 Å². The Balaban J connectivity index is 1.59. The van der Waals surface area contributed by atoms with Gasteiger partial charge < -0.3 is 5.32 Å². The van der Waals surface area contributed by atoms with Crippen molar-refractivity contribution in [2.45, 2.75) is 25.6 Å². The summed E-state index contributed by atoms with van der Waals surface area (Å²) >= 11 is 6.21. The zero-order chi connectivity index (χ0) is 19.4. The van der Waals surface area contributed by atoms with Crippen LogP contribution in [0.2, 0.25) is 5.02 Å². The van der Waals surface area contributed by atoms with Gasteiger partial charge in [0.05, 0.1) is 11.5 Å². The molecule has 3 rings (SSSR count). The fourth-order valence-electron chi connectivity index (χ4n) is 3.27. The Morgan fingerprint density at radius 1 is 1.15 bits per heavy atom. The monoisotopic (exact) mass is 396 g/mol. The van der Waals surface area contributed by atoms with Gasteiger partial charge in [-0.25, -0.2) is 0 Å². The third-order valence-corrected chi connectivity index (χ3v) is 5.08. The second-order valence-corrected chi connectivity index (χ2v) is 7.14. The summed E-state index contributed by atoms with van der Waals surface area (Å²) in [6.45, 7) is 2.15. The molecule has 1 N–H and O–H groups in total. The van der Waals surface area contributed by atoms with Crippen molar-refractivity contribution in [2.24, 2.45) is 5.92 Å². The van der Waals surface area contributed by atoms with Gasteiger partial charge in [0.2, 0.25) is 5.91 Å². The number of nitrogens with one attached hydrogen (secondary N) is 1. The molecule has 0 aromatic heterocycles. The number of carbonyl (C=O) groups is 1. The van der Waals surface area contributed by atoms with Crippen molar-refractivity contribution in [3.05, 3.63) is 64.7 Å². The van der Waals surface area contributed by atoms with Gasteiger partial charge in [-0.15, -0.1) is 0 Å². The van der Waals surface area contributed by atoms with Crippen LogP contribution < -0.4 is 5.32 Å². The van der Waals surface area contributed by atoms with E-state index in [0.29, 0.717) is 23.8 Å². The van der Waals surface area contributed by atoms with E-state index in [-0.39, 0.29) is 11.8 Å². The molecule has 2 aromatic carbocycles. The Bertz CT molecular complexity index is 793. The molecule has 0 aliphatic carbocycles. The maximum atomic E-state index is 12.6. The zero-order valence-corrected chi connectivity index (χ0v) is 15.4. The van der Waals surface area contributed by atoms with Crippen molar-refractivity contribution in [3.8, 4) is 0 Å². The standard InChI is InChI=1S/C20H20ClF3N2O/c21-18-6-2-1-4-14(18)12-26-11-3-5-15(13-26)19(27)25-17-9-7-16(8-10-17)20(22,23)24/h1-2,4,6-10,15H,3,5,11-13H2,(H,25,27)/t15-/m1/s1. The van der Waals surface area contributed by atoms with Crippen LogP contribution in [0.3, 0.4) is 0 Å². The van der Waals surface area contributed by atoms with E-state index in [2.05, 4.69) is 10.2 Å². The second-order valence-electron chi connectivity index (χ2n) is 6.73. The van der Waals surface area contributed by atoms with Gasteiger partial charge in [0.25, 0.3) is 0 Å². The van der Waals surface area contributed by atoms with E-state index in [1.807, 2.05) is 24.3 Å². The van der Waals surface area contributed by atoms with Gasteiger partial charge in [-0.05, 0) is 55.3 Å². The predicted octanol–water partition coefficient (Wildman–Crippen LogP) is 5.21. The molecule has 1 aliphatic rings. The molecule has 0 spiro atoms. The molecule has 2 aromatic rings. The number of likely N-dealkylation sites (tertiary alicyclic amines) is 1. The molecule has 1 amide bonds. The van der Waals surface area contributed by atoms with Crippen LogP contribution in [0, 0.1) is 5.92 Å². The molecule has 1 saturated heterocycles. The van der Waals surface area contributed by atoms with Gasteiger partial charge >= 0.3 is 6.18 Å². The van der Waals surface area contributed by atoms with Crippen molar-refractivity contribution in [2.75, 3.05) is 18.4 Å². The minimum Gasteiger partial charge on any atom is -0.326 e. The van der Waals surface area contributed by atoms with E-state index in [1.165, 1.54) is 12.1 Å². The summed E-state index contributed by atoms with van der Waals surface area (Å²) in [6, 6.07) is 12.1. The van der Waals surface area contributed by atoms with Crippen molar-refractivity contribution >= 4 is 23.2 Å². The zero-order valence-electron chi connectivity index (χ0n) is 14.6. The van der Waals surface area contributed by atoms with E-state index in [1.54, 1.807) is 0 Å². The van der Waals surface area contributed by atoms with E-state index >= 15 is 0 Å². The number of nitrogens with zero attached hydrogens (tertiary/aromatic N) is 1.